The molecule has 1 saturated carbocycles. The first-order valence-electron chi connectivity index (χ1n) is 9.97. The second-order valence-corrected chi connectivity index (χ2v) is 7.45. The molecule has 1 aromatic rings. The van der Waals surface area contributed by atoms with Crippen LogP contribution in [0, 0.1) is 0 Å². The number of carbonyl (C=O) groups is 2. The summed E-state index contributed by atoms with van der Waals surface area (Å²) in [5.74, 6) is 1.24. The minimum absolute atomic E-state index is 0.0333. The number of anilines is 1. The number of methoxy groups -OCH3 is 1. The molecule has 2 fully saturated rings. The minimum Gasteiger partial charge on any atom is -0.495 e. The topological polar surface area (TPSA) is 86.3 Å². The van der Waals surface area contributed by atoms with Gasteiger partial charge in [0.1, 0.15) is 18.1 Å². The predicted octanol–water partition coefficient (Wildman–Crippen LogP) is 1.74. The zero-order valence-corrected chi connectivity index (χ0v) is 16.4. The van der Waals surface area contributed by atoms with Gasteiger partial charge in [-0.2, -0.15) is 5.10 Å². The number of benzene rings is 1. The highest BCUT2D eigenvalue weighted by Crippen LogP contribution is 2.35. The van der Waals surface area contributed by atoms with Crippen molar-refractivity contribution in [3.8, 4) is 5.75 Å². The maximum Gasteiger partial charge on any atom is 0.268 e. The van der Waals surface area contributed by atoms with Gasteiger partial charge in [0.2, 0.25) is 5.91 Å². The summed E-state index contributed by atoms with van der Waals surface area (Å²) < 4.78 is 5.30. The lowest BCUT2D eigenvalue weighted by molar-refractivity contribution is -0.151. The van der Waals surface area contributed by atoms with Crippen LogP contribution in [-0.4, -0.2) is 59.4 Å². The van der Waals surface area contributed by atoms with Crippen LogP contribution in [0.15, 0.2) is 29.4 Å². The van der Waals surface area contributed by atoms with Gasteiger partial charge < -0.3 is 19.9 Å². The van der Waals surface area contributed by atoms with Gasteiger partial charge in [-0.3, -0.25) is 15.0 Å². The van der Waals surface area contributed by atoms with Gasteiger partial charge in [0.05, 0.1) is 24.9 Å². The van der Waals surface area contributed by atoms with Crippen molar-refractivity contribution in [2.45, 2.75) is 57.3 Å². The van der Waals surface area contributed by atoms with Crippen molar-refractivity contribution >= 4 is 23.3 Å². The van der Waals surface area contributed by atoms with Crippen molar-refractivity contribution in [1.29, 1.82) is 0 Å². The van der Waals surface area contributed by atoms with Crippen LogP contribution in [0.3, 0.4) is 0 Å². The van der Waals surface area contributed by atoms with Crippen LogP contribution in [0.25, 0.3) is 0 Å². The monoisotopic (exact) mass is 385 g/mol. The first-order chi connectivity index (χ1) is 13.6. The van der Waals surface area contributed by atoms with Gasteiger partial charge in [-0.25, -0.2) is 0 Å². The third kappa shape index (κ3) is 3.16. The van der Waals surface area contributed by atoms with Gasteiger partial charge >= 0.3 is 0 Å². The van der Waals surface area contributed by atoms with E-state index in [4.69, 9.17) is 4.74 Å². The lowest BCUT2D eigenvalue weighted by Gasteiger charge is -2.51. The summed E-state index contributed by atoms with van der Waals surface area (Å²) >= 11 is 0. The number of nitrogens with zero attached hydrogens (tertiary/aromatic N) is 3. The number of amides is 2. The first-order valence-corrected chi connectivity index (χ1v) is 9.97. The zero-order chi connectivity index (χ0) is 19.7. The van der Waals surface area contributed by atoms with Crippen LogP contribution >= 0.6 is 0 Å². The molecule has 4 rings (SSSR count). The van der Waals surface area contributed by atoms with Gasteiger partial charge in [-0.05, 0) is 25.0 Å². The Bertz CT molecular complexity index is 796. The minimum atomic E-state index is -0.492. The molecule has 0 spiro atoms. The standard InChI is InChI=1S/C20H27N5O3/c1-3-17-22-23-19-20(27)24(14-9-5-6-10-15(14)25(17)19)12-18(26)21-13-8-4-7-11-16(13)28-2/h4,7-8,11,14-15,19,23H,3,5-6,9-10,12H2,1-2H3,(H,21,26). The molecule has 2 amide bonds. The molecule has 28 heavy (non-hydrogen) atoms. The first kappa shape index (κ1) is 18.6. The van der Waals surface area contributed by atoms with E-state index in [9.17, 15) is 9.59 Å². The van der Waals surface area contributed by atoms with Crippen LogP contribution in [0.2, 0.25) is 0 Å². The Labute approximate surface area is 164 Å². The summed E-state index contributed by atoms with van der Waals surface area (Å²) in [6.45, 7) is 2.09. The fourth-order valence-electron chi connectivity index (χ4n) is 4.61. The van der Waals surface area contributed by atoms with Crippen LogP contribution in [0.4, 0.5) is 5.69 Å². The Balaban J connectivity index is 1.52. The number of para-hydroxylation sites is 2. The molecule has 0 bridgehead atoms. The predicted molar refractivity (Wildman–Crippen MR) is 106 cm³/mol. The van der Waals surface area contributed by atoms with E-state index in [-0.39, 0.29) is 30.4 Å². The molecule has 2 aliphatic heterocycles. The third-order valence-corrected chi connectivity index (χ3v) is 5.87. The highest BCUT2D eigenvalue weighted by Gasteiger charge is 2.50. The van der Waals surface area contributed by atoms with Crippen LogP contribution in [0.1, 0.15) is 39.0 Å². The van der Waals surface area contributed by atoms with E-state index in [1.165, 1.54) is 0 Å². The second kappa shape index (κ2) is 7.69. The van der Waals surface area contributed by atoms with E-state index < -0.39 is 6.17 Å². The summed E-state index contributed by atoms with van der Waals surface area (Å²) in [5, 5.41) is 7.26. The molecular formula is C20H27N5O3. The number of hydrogen-bond donors (Lipinski definition) is 2. The quantitative estimate of drug-likeness (QED) is 0.806. The number of amidine groups is 1. The van der Waals surface area contributed by atoms with Crippen LogP contribution in [0.5, 0.6) is 5.75 Å². The molecule has 8 nitrogen and oxygen atoms in total. The van der Waals surface area contributed by atoms with E-state index in [0.717, 1.165) is 37.9 Å². The molecule has 150 valence electrons. The molecule has 0 radical (unpaired) electrons. The highest BCUT2D eigenvalue weighted by atomic mass is 16.5. The molecule has 2 N–H and O–H groups in total. The van der Waals surface area contributed by atoms with Crippen molar-refractivity contribution in [3.63, 3.8) is 0 Å². The molecule has 1 saturated heterocycles. The summed E-state index contributed by atoms with van der Waals surface area (Å²) in [6.07, 6.45) is 4.43. The SMILES string of the molecule is CCC1=NNC2C(=O)N(CC(=O)Nc3ccccc3OC)C3CCCCC3N12. The van der Waals surface area contributed by atoms with E-state index in [2.05, 4.69) is 27.7 Å². The van der Waals surface area contributed by atoms with E-state index in [1.54, 1.807) is 24.1 Å². The number of piperazine rings is 1. The van der Waals surface area contributed by atoms with Crippen molar-refractivity contribution < 1.29 is 14.3 Å². The Morgan fingerprint density at radius 2 is 2.04 bits per heavy atom. The molecule has 3 unspecified atom stereocenters. The second-order valence-electron chi connectivity index (χ2n) is 7.45. The number of rotatable bonds is 5. The van der Waals surface area contributed by atoms with Gasteiger partial charge in [-0.15, -0.1) is 0 Å². The lowest BCUT2D eigenvalue weighted by Crippen LogP contribution is -2.69. The van der Waals surface area contributed by atoms with Crippen molar-refractivity contribution in [3.05, 3.63) is 24.3 Å². The summed E-state index contributed by atoms with van der Waals surface area (Å²) in [7, 11) is 1.57. The molecule has 0 aromatic heterocycles. The molecule has 2 heterocycles. The third-order valence-electron chi connectivity index (χ3n) is 5.87. The van der Waals surface area contributed by atoms with Gasteiger partial charge in [0.25, 0.3) is 5.91 Å². The smallest absolute Gasteiger partial charge is 0.268 e. The Hall–Kier alpha value is -2.77. The van der Waals surface area contributed by atoms with Gasteiger partial charge in [0, 0.05) is 6.42 Å². The van der Waals surface area contributed by atoms with Gasteiger partial charge in [0.15, 0.2) is 6.17 Å². The normalized spacial score (nSPS) is 26.1. The average molecular weight is 385 g/mol. The maximum absolute atomic E-state index is 13.2. The molecule has 8 heteroatoms. The van der Waals surface area contributed by atoms with Crippen LogP contribution < -0.4 is 15.5 Å². The fraction of sp³-hybridized carbons (Fsp3) is 0.550. The van der Waals surface area contributed by atoms with Crippen molar-refractivity contribution in [2.75, 3.05) is 19.0 Å². The summed E-state index contributed by atoms with van der Waals surface area (Å²) in [6, 6.07) is 7.52. The Morgan fingerprint density at radius 1 is 1.29 bits per heavy atom. The summed E-state index contributed by atoms with van der Waals surface area (Å²) in [4.78, 5) is 29.8. The van der Waals surface area contributed by atoms with E-state index in [1.807, 2.05) is 12.1 Å². The largest absolute Gasteiger partial charge is 0.495 e. The molecule has 3 aliphatic rings. The zero-order valence-electron chi connectivity index (χ0n) is 16.4. The number of fused-ring (bicyclic) bond motifs is 3. The van der Waals surface area contributed by atoms with Crippen molar-refractivity contribution in [1.82, 2.24) is 15.2 Å². The molecule has 1 aliphatic carbocycles. The Kier molecular flexibility index (Phi) is 5.11. The van der Waals surface area contributed by atoms with Crippen LogP contribution in [-0.2, 0) is 9.59 Å². The lowest BCUT2D eigenvalue weighted by atomic mass is 9.85. The number of ether oxygens (including phenoxy) is 1. The number of hydrogen-bond acceptors (Lipinski definition) is 6. The highest BCUT2D eigenvalue weighted by molar-refractivity contribution is 5.98. The van der Waals surface area contributed by atoms with Gasteiger partial charge in [-0.1, -0.05) is 31.9 Å². The molecule has 3 atom stereocenters. The van der Waals surface area contributed by atoms with E-state index in [0.29, 0.717) is 11.4 Å². The summed E-state index contributed by atoms with van der Waals surface area (Å²) in [5.41, 5.74) is 3.59. The average Bonchev–Trinajstić information content (AvgIpc) is 3.16. The fourth-order valence-corrected chi connectivity index (χ4v) is 4.61. The van der Waals surface area contributed by atoms with E-state index >= 15 is 0 Å². The maximum atomic E-state index is 13.2. The molecular weight excluding hydrogens is 358 g/mol. The number of hydrazone groups is 1. The number of nitrogens with one attached hydrogen (secondary N) is 2. The Morgan fingerprint density at radius 3 is 2.79 bits per heavy atom. The number of carbonyl (C=O) groups excluding carboxylic acids is 2. The van der Waals surface area contributed by atoms with Crippen molar-refractivity contribution in [2.24, 2.45) is 5.10 Å². The molecule has 1 aromatic carbocycles.